The Morgan fingerprint density at radius 2 is 1.80 bits per heavy atom. The number of benzene rings is 1. The molecule has 1 saturated heterocycles. The van der Waals surface area contributed by atoms with Crippen molar-refractivity contribution in [1.29, 1.82) is 0 Å². The highest BCUT2D eigenvalue weighted by Gasteiger charge is 2.49. The first-order valence-corrected chi connectivity index (χ1v) is 10.0. The lowest BCUT2D eigenvalue weighted by molar-refractivity contribution is -0.139. The Morgan fingerprint density at radius 3 is 2.33 bits per heavy atom. The molecular formula is C22H32N2O6. The Balaban J connectivity index is 2.10. The maximum Gasteiger partial charge on any atom is 0.410 e. The van der Waals surface area contributed by atoms with Crippen LogP contribution >= 0.6 is 0 Å². The van der Waals surface area contributed by atoms with E-state index < -0.39 is 34.8 Å². The molecule has 1 unspecified atom stereocenters. The molecule has 0 aliphatic carbocycles. The molecule has 8 heteroatoms. The first-order valence-electron chi connectivity index (χ1n) is 10.0. The molecule has 0 radical (unpaired) electrons. The Hall–Kier alpha value is -2.77. The van der Waals surface area contributed by atoms with Crippen molar-refractivity contribution in [2.45, 2.75) is 77.2 Å². The van der Waals surface area contributed by atoms with Crippen LogP contribution in [-0.4, -0.2) is 51.4 Å². The van der Waals surface area contributed by atoms with Gasteiger partial charge >= 0.3 is 18.2 Å². The second-order valence-electron chi connectivity index (χ2n) is 9.41. The molecule has 1 heterocycles. The second kappa shape index (κ2) is 8.93. The minimum atomic E-state index is -1.03. The standard InChI is InChI=1S/C22H32N2O6/c1-20(2,3)30-19(28)24-12-11-22(13-17(25)26,15-21(24,4)5)23-18(27)29-14-16-9-7-6-8-10-16/h6-10H,11-15H2,1-5H3,(H,23,27)(H,25,26). The number of ether oxygens (including phenoxy) is 2. The molecule has 1 aromatic rings. The third-order valence-electron chi connectivity index (χ3n) is 5.00. The number of carboxylic acid groups (broad SMARTS) is 1. The number of nitrogens with zero attached hydrogens (tertiary/aromatic N) is 1. The molecular weight excluding hydrogens is 388 g/mol. The van der Waals surface area contributed by atoms with E-state index in [2.05, 4.69) is 5.32 Å². The highest BCUT2D eigenvalue weighted by Crippen LogP contribution is 2.37. The van der Waals surface area contributed by atoms with Crippen LogP contribution in [0.5, 0.6) is 0 Å². The molecule has 166 valence electrons. The van der Waals surface area contributed by atoms with Gasteiger partial charge in [-0.3, -0.25) is 4.79 Å². The van der Waals surface area contributed by atoms with Crippen molar-refractivity contribution in [3.8, 4) is 0 Å². The first kappa shape index (κ1) is 23.5. The average molecular weight is 421 g/mol. The number of carbonyl (C=O) groups excluding carboxylic acids is 2. The molecule has 30 heavy (non-hydrogen) atoms. The van der Waals surface area contributed by atoms with Crippen molar-refractivity contribution in [3.63, 3.8) is 0 Å². The van der Waals surface area contributed by atoms with E-state index in [9.17, 15) is 19.5 Å². The number of piperidine rings is 1. The summed E-state index contributed by atoms with van der Waals surface area (Å²) in [6, 6.07) is 9.23. The van der Waals surface area contributed by atoms with E-state index >= 15 is 0 Å². The summed E-state index contributed by atoms with van der Waals surface area (Å²) in [7, 11) is 0. The fraction of sp³-hybridized carbons (Fsp3) is 0.591. The lowest BCUT2D eigenvalue weighted by Gasteiger charge is -2.50. The summed E-state index contributed by atoms with van der Waals surface area (Å²) in [5.74, 6) is -1.03. The Labute approximate surface area is 177 Å². The van der Waals surface area contributed by atoms with E-state index in [1.54, 1.807) is 25.7 Å². The number of likely N-dealkylation sites (tertiary alicyclic amines) is 1. The van der Waals surface area contributed by atoms with E-state index in [0.29, 0.717) is 0 Å². The zero-order chi connectivity index (χ0) is 22.6. The van der Waals surface area contributed by atoms with E-state index in [1.807, 2.05) is 44.2 Å². The summed E-state index contributed by atoms with van der Waals surface area (Å²) in [6.07, 6.45) is -0.863. The van der Waals surface area contributed by atoms with Crippen molar-refractivity contribution in [2.24, 2.45) is 0 Å². The number of nitrogens with one attached hydrogen (secondary N) is 1. The SMILES string of the molecule is CC(C)(C)OC(=O)N1CCC(CC(=O)O)(NC(=O)OCc2ccccc2)CC1(C)C. The number of aliphatic carboxylic acids is 1. The van der Waals surface area contributed by atoms with Crippen LogP contribution in [0.4, 0.5) is 9.59 Å². The molecule has 0 bridgehead atoms. The van der Waals surface area contributed by atoms with Gasteiger partial charge in [0.15, 0.2) is 0 Å². The summed E-state index contributed by atoms with van der Waals surface area (Å²) < 4.78 is 10.8. The smallest absolute Gasteiger partial charge is 0.410 e. The van der Waals surface area contributed by atoms with Crippen molar-refractivity contribution in [1.82, 2.24) is 10.2 Å². The first-order chi connectivity index (χ1) is 13.8. The fourth-order valence-corrected chi connectivity index (χ4v) is 3.86. The molecule has 0 spiro atoms. The Kier molecular flexibility index (Phi) is 7.00. The summed E-state index contributed by atoms with van der Waals surface area (Å²) in [6.45, 7) is 9.40. The quantitative estimate of drug-likeness (QED) is 0.748. The molecule has 2 rings (SSSR count). The minimum Gasteiger partial charge on any atom is -0.481 e. The predicted octanol–water partition coefficient (Wildman–Crippen LogP) is 3.94. The third kappa shape index (κ3) is 6.64. The summed E-state index contributed by atoms with van der Waals surface area (Å²) >= 11 is 0. The van der Waals surface area contributed by atoms with Gasteiger partial charge in [0.1, 0.15) is 12.2 Å². The zero-order valence-electron chi connectivity index (χ0n) is 18.4. The molecule has 8 nitrogen and oxygen atoms in total. The number of amides is 2. The summed E-state index contributed by atoms with van der Waals surface area (Å²) in [5, 5.41) is 12.2. The Morgan fingerprint density at radius 1 is 1.17 bits per heavy atom. The molecule has 1 fully saturated rings. The van der Waals surface area contributed by atoms with Crippen LogP contribution in [0.1, 0.15) is 59.4 Å². The molecule has 0 aromatic heterocycles. The zero-order valence-corrected chi connectivity index (χ0v) is 18.4. The van der Waals surface area contributed by atoms with Gasteiger partial charge in [-0.15, -0.1) is 0 Å². The van der Waals surface area contributed by atoms with E-state index in [4.69, 9.17) is 9.47 Å². The van der Waals surface area contributed by atoms with E-state index in [0.717, 1.165) is 5.56 Å². The molecule has 2 amide bonds. The van der Waals surface area contributed by atoms with Crippen LogP contribution in [0.25, 0.3) is 0 Å². The number of rotatable bonds is 5. The number of carbonyl (C=O) groups is 3. The van der Waals surface area contributed by atoms with Crippen LogP contribution in [-0.2, 0) is 20.9 Å². The van der Waals surface area contributed by atoms with Gasteiger partial charge in [-0.1, -0.05) is 30.3 Å². The van der Waals surface area contributed by atoms with Gasteiger partial charge in [0.05, 0.1) is 12.0 Å². The van der Waals surface area contributed by atoms with Gasteiger partial charge in [-0.05, 0) is 53.0 Å². The second-order valence-corrected chi connectivity index (χ2v) is 9.41. The normalized spacial score (nSPS) is 20.9. The van der Waals surface area contributed by atoms with Gasteiger partial charge in [0.2, 0.25) is 0 Å². The molecule has 1 aromatic carbocycles. The lowest BCUT2D eigenvalue weighted by Crippen LogP contribution is -2.64. The highest BCUT2D eigenvalue weighted by atomic mass is 16.6. The number of hydrogen-bond acceptors (Lipinski definition) is 5. The van der Waals surface area contributed by atoms with Crippen LogP contribution in [0, 0.1) is 0 Å². The van der Waals surface area contributed by atoms with Gasteiger partial charge in [-0.2, -0.15) is 0 Å². The van der Waals surface area contributed by atoms with Crippen molar-refractivity contribution in [2.75, 3.05) is 6.54 Å². The van der Waals surface area contributed by atoms with E-state index in [-0.39, 0.29) is 32.4 Å². The number of hydrogen-bond donors (Lipinski definition) is 2. The van der Waals surface area contributed by atoms with Crippen LogP contribution in [0.3, 0.4) is 0 Å². The van der Waals surface area contributed by atoms with Gasteiger partial charge < -0.3 is 24.8 Å². The summed E-state index contributed by atoms with van der Waals surface area (Å²) in [5.41, 5.74) is -1.55. The number of carboxylic acids is 1. The number of alkyl carbamates (subject to hydrolysis) is 1. The van der Waals surface area contributed by atoms with Crippen molar-refractivity contribution < 1.29 is 29.0 Å². The van der Waals surface area contributed by atoms with Crippen LogP contribution in [0.15, 0.2) is 30.3 Å². The minimum absolute atomic E-state index is 0.0866. The molecule has 1 atom stereocenters. The predicted molar refractivity (Wildman–Crippen MR) is 111 cm³/mol. The van der Waals surface area contributed by atoms with Gasteiger partial charge in [-0.25, -0.2) is 9.59 Å². The lowest BCUT2D eigenvalue weighted by atomic mass is 9.75. The average Bonchev–Trinajstić information content (AvgIpc) is 2.57. The van der Waals surface area contributed by atoms with Gasteiger partial charge in [0.25, 0.3) is 0 Å². The highest BCUT2D eigenvalue weighted by molar-refractivity contribution is 5.74. The fourth-order valence-electron chi connectivity index (χ4n) is 3.86. The molecule has 0 saturated carbocycles. The topological polar surface area (TPSA) is 105 Å². The molecule has 2 N–H and O–H groups in total. The third-order valence-corrected chi connectivity index (χ3v) is 5.00. The maximum atomic E-state index is 12.6. The van der Waals surface area contributed by atoms with Crippen molar-refractivity contribution >= 4 is 18.2 Å². The Bertz CT molecular complexity index is 772. The van der Waals surface area contributed by atoms with Crippen LogP contribution in [0.2, 0.25) is 0 Å². The van der Waals surface area contributed by atoms with Gasteiger partial charge in [0, 0.05) is 12.1 Å². The van der Waals surface area contributed by atoms with Crippen molar-refractivity contribution in [3.05, 3.63) is 35.9 Å². The molecule has 1 aliphatic rings. The monoisotopic (exact) mass is 420 g/mol. The maximum absolute atomic E-state index is 12.6. The van der Waals surface area contributed by atoms with E-state index in [1.165, 1.54) is 0 Å². The largest absolute Gasteiger partial charge is 0.481 e. The summed E-state index contributed by atoms with van der Waals surface area (Å²) in [4.78, 5) is 38.2. The molecule has 1 aliphatic heterocycles. The van der Waals surface area contributed by atoms with Crippen LogP contribution < -0.4 is 5.32 Å².